The molecule has 0 radical (unpaired) electrons. The van der Waals surface area contributed by atoms with Gasteiger partial charge < -0.3 is 28.1 Å². The van der Waals surface area contributed by atoms with Crippen LogP contribution in [0.4, 0.5) is 0 Å². The van der Waals surface area contributed by atoms with Crippen LogP contribution in [0.1, 0.15) is 55.8 Å². The SMILES string of the molecule is CCCCCCCCOC(=O)c1cc(OC)cc2oc(-c3ccc(OC)cc3)c(-c3cc(OC)cc(OC)c3)c12. The molecule has 0 aliphatic heterocycles. The van der Waals surface area contributed by atoms with Gasteiger partial charge in [0.15, 0.2) is 0 Å². The summed E-state index contributed by atoms with van der Waals surface area (Å²) in [4.78, 5) is 13.5. The molecule has 7 nitrogen and oxygen atoms in total. The van der Waals surface area contributed by atoms with Crippen molar-refractivity contribution in [2.45, 2.75) is 45.4 Å². The van der Waals surface area contributed by atoms with Gasteiger partial charge in [0.05, 0.1) is 40.6 Å². The van der Waals surface area contributed by atoms with E-state index in [0.717, 1.165) is 41.7 Å². The molecule has 1 heterocycles. The Hall–Kier alpha value is -4.13. The highest BCUT2D eigenvalue weighted by atomic mass is 16.5. The standard InChI is InChI=1S/C33H38O7/c1-6-7-8-9-10-11-16-39-33(34)28-20-27(38-5)21-29-31(28)30(23-17-25(36-3)19-26(18-23)37-4)32(40-29)22-12-14-24(35-2)15-13-22/h12-15,17-21H,6-11,16H2,1-5H3. The molecule has 0 fully saturated rings. The first kappa shape index (κ1) is 28.9. The summed E-state index contributed by atoms with van der Waals surface area (Å²) in [6.45, 7) is 2.55. The van der Waals surface area contributed by atoms with E-state index in [9.17, 15) is 4.79 Å². The molecule has 3 aromatic carbocycles. The number of hydrogen-bond acceptors (Lipinski definition) is 7. The normalized spacial score (nSPS) is 10.9. The highest BCUT2D eigenvalue weighted by Gasteiger charge is 2.26. The van der Waals surface area contributed by atoms with Gasteiger partial charge >= 0.3 is 5.97 Å². The van der Waals surface area contributed by atoms with Crippen molar-refractivity contribution >= 4 is 16.9 Å². The number of esters is 1. The van der Waals surface area contributed by atoms with Gasteiger partial charge in [-0.15, -0.1) is 0 Å². The first-order chi connectivity index (χ1) is 19.5. The van der Waals surface area contributed by atoms with Crippen LogP contribution in [0, 0.1) is 0 Å². The second kappa shape index (κ2) is 13.8. The van der Waals surface area contributed by atoms with Crippen LogP contribution in [0.25, 0.3) is 33.4 Å². The number of rotatable bonds is 14. The Morgan fingerprint density at radius 1 is 0.675 bits per heavy atom. The minimum absolute atomic E-state index is 0.356. The Morgan fingerprint density at radius 2 is 1.27 bits per heavy atom. The van der Waals surface area contributed by atoms with Crippen LogP contribution < -0.4 is 18.9 Å². The average molecular weight is 547 g/mol. The van der Waals surface area contributed by atoms with Gasteiger partial charge in [-0.3, -0.25) is 0 Å². The molecule has 4 aromatic rings. The van der Waals surface area contributed by atoms with E-state index in [1.165, 1.54) is 19.3 Å². The van der Waals surface area contributed by atoms with Crippen molar-refractivity contribution in [3.8, 4) is 45.4 Å². The lowest BCUT2D eigenvalue weighted by Gasteiger charge is -2.12. The quantitative estimate of drug-likeness (QED) is 0.116. The molecule has 0 N–H and O–H groups in total. The fourth-order valence-electron chi connectivity index (χ4n) is 4.78. The number of hydrogen-bond donors (Lipinski definition) is 0. The number of fused-ring (bicyclic) bond motifs is 1. The third-order valence-electron chi connectivity index (χ3n) is 6.94. The highest BCUT2D eigenvalue weighted by molar-refractivity contribution is 6.13. The summed E-state index contributed by atoms with van der Waals surface area (Å²) in [7, 11) is 6.39. The van der Waals surface area contributed by atoms with Gasteiger partial charge in [0, 0.05) is 28.6 Å². The minimum atomic E-state index is -0.421. The van der Waals surface area contributed by atoms with E-state index < -0.39 is 5.97 Å². The number of benzene rings is 3. The topological polar surface area (TPSA) is 76.4 Å². The zero-order valence-corrected chi connectivity index (χ0v) is 24.0. The van der Waals surface area contributed by atoms with E-state index in [-0.39, 0.29) is 0 Å². The van der Waals surface area contributed by atoms with Crippen molar-refractivity contribution in [2.24, 2.45) is 0 Å². The van der Waals surface area contributed by atoms with Gasteiger partial charge in [-0.2, -0.15) is 0 Å². The highest BCUT2D eigenvalue weighted by Crippen LogP contribution is 2.45. The van der Waals surface area contributed by atoms with Crippen molar-refractivity contribution in [1.29, 1.82) is 0 Å². The van der Waals surface area contributed by atoms with E-state index in [2.05, 4.69) is 6.92 Å². The van der Waals surface area contributed by atoms with Crippen molar-refractivity contribution in [1.82, 2.24) is 0 Å². The molecule has 0 bridgehead atoms. The molecule has 0 saturated carbocycles. The van der Waals surface area contributed by atoms with E-state index in [0.29, 0.717) is 46.1 Å². The summed E-state index contributed by atoms with van der Waals surface area (Å²) in [5.74, 6) is 2.63. The van der Waals surface area contributed by atoms with E-state index >= 15 is 0 Å². The maximum atomic E-state index is 13.5. The summed E-state index contributed by atoms with van der Waals surface area (Å²) < 4.78 is 34.2. The number of carbonyl (C=O) groups is 1. The smallest absolute Gasteiger partial charge is 0.339 e. The first-order valence-corrected chi connectivity index (χ1v) is 13.7. The molecule has 0 atom stereocenters. The first-order valence-electron chi connectivity index (χ1n) is 13.7. The zero-order chi connectivity index (χ0) is 28.5. The molecule has 0 unspecified atom stereocenters. The Balaban J connectivity index is 1.84. The lowest BCUT2D eigenvalue weighted by Crippen LogP contribution is -2.07. The van der Waals surface area contributed by atoms with E-state index in [1.54, 1.807) is 46.6 Å². The van der Waals surface area contributed by atoms with Gasteiger partial charge in [0.25, 0.3) is 0 Å². The Morgan fingerprint density at radius 3 is 1.90 bits per heavy atom. The summed E-state index contributed by atoms with van der Waals surface area (Å²) >= 11 is 0. The van der Waals surface area contributed by atoms with Gasteiger partial charge in [-0.25, -0.2) is 4.79 Å². The van der Waals surface area contributed by atoms with Crippen molar-refractivity contribution < 1.29 is 32.9 Å². The molecule has 0 aliphatic rings. The molecule has 0 amide bonds. The molecule has 4 rings (SSSR count). The largest absolute Gasteiger partial charge is 0.497 e. The zero-order valence-electron chi connectivity index (χ0n) is 24.0. The average Bonchev–Trinajstić information content (AvgIpc) is 3.39. The second-order valence-electron chi connectivity index (χ2n) is 9.59. The van der Waals surface area contributed by atoms with Gasteiger partial charge in [-0.05, 0) is 54.4 Å². The lowest BCUT2D eigenvalue weighted by molar-refractivity contribution is 0.0499. The summed E-state index contributed by atoms with van der Waals surface area (Å²) in [5, 5.41) is 0.634. The molecular formula is C33H38O7. The lowest BCUT2D eigenvalue weighted by atomic mass is 9.95. The predicted molar refractivity (Wildman–Crippen MR) is 157 cm³/mol. The van der Waals surface area contributed by atoms with Crippen molar-refractivity contribution in [3.05, 3.63) is 60.2 Å². The third-order valence-corrected chi connectivity index (χ3v) is 6.94. The number of ether oxygens (including phenoxy) is 5. The number of furan rings is 1. The Bertz CT molecular complexity index is 1400. The molecule has 0 saturated heterocycles. The fraction of sp³-hybridized carbons (Fsp3) is 0.364. The van der Waals surface area contributed by atoms with Crippen LogP contribution in [-0.4, -0.2) is 41.0 Å². The van der Waals surface area contributed by atoms with Crippen LogP contribution in [0.5, 0.6) is 23.0 Å². The van der Waals surface area contributed by atoms with Gasteiger partial charge in [0.2, 0.25) is 0 Å². The number of unbranched alkanes of at least 4 members (excludes halogenated alkanes) is 5. The summed E-state index contributed by atoms with van der Waals surface area (Å²) in [5.41, 5.74) is 3.20. The Labute approximate surface area is 235 Å². The molecule has 40 heavy (non-hydrogen) atoms. The summed E-state index contributed by atoms with van der Waals surface area (Å²) in [6, 6.07) is 16.7. The molecule has 0 aliphatic carbocycles. The monoisotopic (exact) mass is 546 g/mol. The fourth-order valence-corrected chi connectivity index (χ4v) is 4.78. The van der Waals surface area contributed by atoms with Crippen molar-refractivity contribution in [3.63, 3.8) is 0 Å². The van der Waals surface area contributed by atoms with E-state index in [4.69, 9.17) is 28.1 Å². The van der Waals surface area contributed by atoms with Crippen LogP contribution >= 0.6 is 0 Å². The molecule has 7 heteroatoms. The molecule has 0 spiro atoms. The van der Waals surface area contributed by atoms with Crippen LogP contribution in [0.3, 0.4) is 0 Å². The van der Waals surface area contributed by atoms with Gasteiger partial charge in [0.1, 0.15) is 34.3 Å². The summed E-state index contributed by atoms with van der Waals surface area (Å²) in [6.07, 6.45) is 6.64. The van der Waals surface area contributed by atoms with E-state index in [1.807, 2.05) is 36.4 Å². The predicted octanol–water partition coefficient (Wildman–Crippen LogP) is 8.32. The molecule has 212 valence electrons. The second-order valence-corrected chi connectivity index (χ2v) is 9.59. The molecular weight excluding hydrogens is 508 g/mol. The van der Waals surface area contributed by atoms with Crippen molar-refractivity contribution in [2.75, 3.05) is 35.0 Å². The van der Waals surface area contributed by atoms with Gasteiger partial charge in [-0.1, -0.05) is 39.0 Å². The van der Waals surface area contributed by atoms with Crippen LogP contribution in [0.15, 0.2) is 59.0 Å². The number of carbonyl (C=O) groups excluding carboxylic acids is 1. The minimum Gasteiger partial charge on any atom is -0.497 e. The molecule has 1 aromatic heterocycles. The van der Waals surface area contributed by atoms with Crippen LogP contribution in [0.2, 0.25) is 0 Å². The van der Waals surface area contributed by atoms with Crippen LogP contribution in [-0.2, 0) is 4.74 Å². The maximum absolute atomic E-state index is 13.5. The Kier molecular flexibility index (Phi) is 9.95. The maximum Gasteiger partial charge on any atom is 0.339 e. The third kappa shape index (κ3) is 6.53. The number of methoxy groups -OCH3 is 4.